The molecule has 1 unspecified atom stereocenters. The molecular weight excluding hydrogens is 434 g/mol. The van der Waals surface area contributed by atoms with E-state index in [2.05, 4.69) is 10.3 Å². The summed E-state index contributed by atoms with van der Waals surface area (Å²) >= 11 is 0. The SMILES string of the molecule is COCCOc1ccc(NC(=O)N2CCc3cc(OC)c(OC)cc3C2c2ccccc2)cn1. The van der Waals surface area contributed by atoms with Crippen LogP contribution in [-0.2, 0) is 11.2 Å². The molecule has 0 aliphatic carbocycles. The Kier molecular flexibility index (Phi) is 7.49. The average Bonchev–Trinajstić information content (AvgIpc) is 2.88. The molecule has 8 heteroatoms. The minimum Gasteiger partial charge on any atom is -0.493 e. The van der Waals surface area contributed by atoms with Crippen LogP contribution in [0.3, 0.4) is 0 Å². The third-order valence-corrected chi connectivity index (χ3v) is 5.77. The quantitative estimate of drug-likeness (QED) is 0.502. The Morgan fingerprint density at radius 3 is 2.47 bits per heavy atom. The highest BCUT2D eigenvalue weighted by Crippen LogP contribution is 2.41. The van der Waals surface area contributed by atoms with Crippen molar-refractivity contribution in [1.82, 2.24) is 9.88 Å². The zero-order chi connectivity index (χ0) is 23.9. The Morgan fingerprint density at radius 1 is 1.03 bits per heavy atom. The molecule has 0 fully saturated rings. The molecule has 1 atom stereocenters. The molecule has 3 aromatic rings. The van der Waals surface area contributed by atoms with Crippen molar-refractivity contribution in [2.75, 3.05) is 46.4 Å². The Morgan fingerprint density at radius 2 is 1.79 bits per heavy atom. The lowest BCUT2D eigenvalue weighted by molar-refractivity contribution is 0.144. The van der Waals surface area contributed by atoms with E-state index in [1.165, 1.54) is 0 Å². The standard InChI is InChI=1S/C26H29N3O5/c1-31-13-14-34-24-10-9-20(17-27-24)28-26(30)29-12-11-19-15-22(32-2)23(33-3)16-21(19)25(29)18-7-5-4-6-8-18/h4-10,15-17,25H,11-14H2,1-3H3,(H,28,30). The van der Waals surface area contributed by atoms with E-state index >= 15 is 0 Å². The molecule has 178 valence electrons. The van der Waals surface area contributed by atoms with Crippen molar-refractivity contribution < 1.29 is 23.7 Å². The number of fused-ring (bicyclic) bond motifs is 1. The molecule has 0 radical (unpaired) electrons. The highest BCUT2D eigenvalue weighted by Gasteiger charge is 2.33. The van der Waals surface area contributed by atoms with Crippen molar-refractivity contribution >= 4 is 11.7 Å². The van der Waals surface area contributed by atoms with Crippen molar-refractivity contribution in [2.45, 2.75) is 12.5 Å². The van der Waals surface area contributed by atoms with E-state index in [0.717, 1.165) is 16.7 Å². The molecule has 0 saturated carbocycles. The summed E-state index contributed by atoms with van der Waals surface area (Å²) in [6.07, 6.45) is 2.29. The number of urea groups is 1. The van der Waals surface area contributed by atoms with E-state index in [1.54, 1.807) is 39.7 Å². The van der Waals surface area contributed by atoms with Crippen LogP contribution in [0.5, 0.6) is 17.4 Å². The first-order chi connectivity index (χ1) is 16.6. The highest BCUT2D eigenvalue weighted by molar-refractivity contribution is 5.90. The Labute approximate surface area is 199 Å². The fourth-order valence-electron chi connectivity index (χ4n) is 4.12. The van der Waals surface area contributed by atoms with Gasteiger partial charge in [-0.25, -0.2) is 9.78 Å². The Bertz CT molecular complexity index is 1110. The van der Waals surface area contributed by atoms with Gasteiger partial charge >= 0.3 is 6.03 Å². The first-order valence-electron chi connectivity index (χ1n) is 11.1. The number of nitrogens with zero attached hydrogens (tertiary/aromatic N) is 2. The molecule has 2 amide bonds. The zero-order valence-corrected chi connectivity index (χ0v) is 19.6. The lowest BCUT2D eigenvalue weighted by Gasteiger charge is -2.38. The second-order valence-electron chi connectivity index (χ2n) is 7.82. The number of amides is 2. The van der Waals surface area contributed by atoms with E-state index in [0.29, 0.717) is 49.2 Å². The van der Waals surface area contributed by atoms with E-state index in [9.17, 15) is 4.79 Å². The lowest BCUT2D eigenvalue weighted by Crippen LogP contribution is -2.43. The number of anilines is 1. The summed E-state index contributed by atoms with van der Waals surface area (Å²) in [5, 5.41) is 2.98. The fourth-order valence-corrected chi connectivity index (χ4v) is 4.12. The van der Waals surface area contributed by atoms with Gasteiger partial charge in [-0.05, 0) is 41.3 Å². The van der Waals surface area contributed by atoms with Crippen LogP contribution in [0.2, 0.25) is 0 Å². The first kappa shape index (κ1) is 23.4. The lowest BCUT2D eigenvalue weighted by atomic mass is 9.88. The van der Waals surface area contributed by atoms with Crippen molar-refractivity contribution in [3.05, 3.63) is 77.5 Å². The predicted octanol–water partition coefficient (Wildman–Crippen LogP) is 4.30. The number of carbonyl (C=O) groups is 1. The fraction of sp³-hybridized carbons (Fsp3) is 0.308. The maximum Gasteiger partial charge on any atom is 0.322 e. The molecule has 1 aliphatic rings. The topological polar surface area (TPSA) is 82.2 Å². The highest BCUT2D eigenvalue weighted by atomic mass is 16.5. The molecule has 1 aromatic heterocycles. The van der Waals surface area contributed by atoms with Gasteiger partial charge in [-0.2, -0.15) is 0 Å². The number of hydrogen-bond donors (Lipinski definition) is 1. The third kappa shape index (κ3) is 5.07. The largest absolute Gasteiger partial charge is 0.493 e. The van der Waals surface area contributed by atoms with Crippen LogP contribution in [0.15, 0.2) is 60.8 Å². The van der Waals surface area contributed by atoms with Gasteiger partial charge in [-0.1, -0.05) is 30.3 Å². The molecular formula is C26H29N3O5. The molecule has 8 nitrogen and oxygen atoms in total. The van der Waals surface area contributed by atoms with E-state index in [4.69, 9.17) is 18.9 Å². The molecule has 0 spiro atoms. The van der Waals surface area contributed by atoms with Crippen LogP contribution >= 0.6 is 0 Å². The predicted molar refractivity (Wildman–Crippen MR) is 129 cm³/mol. The van der Waals surface area contributed by atoms with Crippen LogP contribution in [0, 0.1) is 0 Å². The summed E-state index contributed by atoms with van der Waals surface area (Å²) < 4.78 is 21.5. The number of methoxy groups -OCH3 is 3. The monoisotopic (exact) mass is 463 g/mol. The number of aromatic nitrogens is 1. The van der Waals surface area contributed by atoms with E-state index in [1.807, 2.05) is 47.4 Å². The minimum absolute atomic E-state index is 0.205. The second-order valence-corrected chi connectivity index (χ2v) is 7.82. The number of carbonyl (C=O) groups excluding carboxylic acids is 1. The maximum atomic E-state index is 13.4. The minimum atomic E-state index is -0.269. The summed E-state index contributed by atoms with van der Waals surface area (Å²) in [5.41, 5.74) is 3.76. The van der Waals surface area contributed by atoms with Crippen LogP contribution in [0.4, 0.5) is 10.5 Å². The summed E-state index contributed by atoms with van der Waals surface area (Å²) in [7, 11) is 4.86. The number of pyridine rings is 1. The summed E-state index contributed by atoms with van der Waals surface area (Å²) in [4.78, 5) is 19.5. The molecule has 0 bridgehead atoms. The number of ether oxygens (including phenoxy) is 4. The van der Waals surface area contributed by atoms with Crippen molar-refractivity contribution in [2.24, 2.45) is 0 Å². The Balaban J connectivity index is 1.60. The van der Waals surface area contributed by atoms with Crippen LogP contribution in [0.1, 0.15) is 22.7 Å². The molecule has 2 heterocycles. The molecule has 4 rings (SSSR count). The van der Waals surface area contributed by atoms with Crippen molar-refractivity contribution in [3.63, 3.8) is 0 Å². The molecule has 1 N–H and O–H groups in total. The summed E-state index contributed by atoms with van der Waals surface area (Å²) in [6.45, 7) is 1.45. The number of hydrogen-bond acceptors (Lipinski definition) is 6. The third-order valence-electron chi connectivity index (χ3n) is 5.77. The Hall–Kier alpha value is -3.78. The van der Waals surface area contributed by atoms with Crippen LogP contribution < -0.4 is 19.5 Å². The van der Waals surface area contributed by atoms with Crippen molar-refractivity contribution in [3.8, 4) is 17.4 Å². The van der Waals surface area contributed by atoms with Gasteiger partial charge in [-0.3, -0.25) is 0 Å². The summed E-state index contributed by atoms with van der Waals surface area (Å²) in [5.74, 6) is 1.80. The number of benzene rings is 2. The van der Waals surface area contributed by atoms with Crippen molar-refractivity contribution in [1.29, 1.82) is 0 Å². The maximum absolute atomic E-state index is 13.4. The van der Waals surface area contributed by atoms with Gasteiger partial charge in [0.25, 0.3) is 0 Å². The van der Waals surface area contributed by atoms with Crippen LogP contribution in [0.25, 0.3) is 0 Å². The van der Waals surface area contributed by atoms with E-state index in [-0.39, 0.29) is 12.1 Å². The normalized spacial score (nSPS) is 14.8. The first-order valence-corrected chi connectivity index (χ1v) is 11.1. The molecule has 2 aromatic carbocycles. The van der Waals surface area contributed by atoms with Gasteiger partial charge in [0.05, 0.1) is 38.8 Å². The number of rotatable bonds is 8. The van der Waals surface area contributed by atoms with Crippen LogP contribution in [-0.4, -0.2) is 57.0 Å². The summed E-state index contributed by atoms with van der Waals surface area (Å²) in [6, 6.07) is 17.0. The van der Waals surface area contributed by atoms with E-state index < -0.39 is 0 Å². The zero-order valence-electron chi connectivity index (χ0n) is 19.6. The van der Waals surface area contributed by atoms with Gasteiger partial charge in [0.15, 0.2) is 11.5 Å². The average molecular weight is 464 g/mol. The molecule has 0 saturated heterocycles. The van der Waals surface area contributed by atoms with Gasteiger partial charge in [-0.15, -0.1) is 0 Å². The molecule has 1 aliphatic heterocycles. The van der Waals surface area contributed by atoms with Gasteiger partial charge in [0.1, 0.15) is 6.61 Å². The molecule has 34 heavy (non-hydrogen) atoms. The number of nitrogens with one attached hydrogen (secondary N) is 1. The second kappa shape index (κ2) is 10.9. The van der Waals surface area contributed by atoms with Gasteiger partial charge in [0.2, 0.25) is 5.88 Å². The smallest absolute Gasteiger partial charge is 0.322 e. The van der Waals surface area contributed by atoms with Gasteiger partial charge < -0.3 is 29.2 Å². The van der Waals surface area contributed by atoms with Gasteiger partial charge in [0, 0.05) is 19.7 Å².